The zero-order valence-electron chi connectivity index (χ0n) is 7.21. The van der Waals surface area contributed by atoms with E-state index in [1.54, 1.807) is 0 Å². The van der Waals surface area contributed by atoms with Crippen LogP contribution in [0.25, 0.3) is 0 Å². The Morgan fingerprint density at radius 3 is 2.33 bits per heavy atom. The number of rotatable bonds is 2. The van der Waals surface area contributed by atoms with Gasteiger partial charge in [-0.2, -0.15) is 13.2 Å². The van der Waals surface area contributed by atoms with Crippen molar-refractivity contribution >= 4 is 11.9 Å². The summed E-state index contributed by atoms with van der Waals surface area (Å²) in [5.74, 6) is -1.97. The summed E-state index contributed by atoms with van der Waals surface area (Å²) in [7, 11) is 0. The number of alkyl halides is 3. The lowest BCUT2D eigenvalue weighted by atomic mass is 10.2. The quantitative estimate of drug-likeness (QED) is 0.403. The van der Waals surface area contributed by atoms with E-state index < -0.39 is 30.6 Å². The fourth-order valence-corrected chi connectivity index (χ4v) is 0.404. The highest BCUT2D eigenvalue weighted by atomic mass is 19.4. The number of hydrogen-bond donors (Lipinski definition) is 1. The molecule has 0 aliphatic heterocycles. The van der Waals surface area contributed by atoms with Crippen molar-refractivity contribution < 1.29 is 32.5 Å². The maximum atomic E-state index is 11.5. The zero-order valence-corrected chi connectivity index (χ0v) is 7.21. The first-order valence-electron chi connectivity index (χ1n) is 3.47. The Morgan fingerprint density at radius 2 is 1.93 bits per heavy atom. The van der Waals surface area contributed by atoms with Crippen LogP contribution in [0, 0.1) is 12.3 Å². The molecule has 0 rings (SSSR count). The Kier molecular flexibility index (Phi) is 4.60. The van der Waals surface area contributed by atoms with E-state index >= 15 is 0 Å². The Bertz CT molecular complexity index is 294. The van der Waals surface area contributed by atoms with Crippen LogP contribution in [0.4, 0.5) is 13.2 Å². The molecule has 1 unspecified atom stereocenters. The smallest absolute Gasteiger partial charge is 0.317 e. The molecule has 1 atom stereocenters. The van der Waals surface area contributed by atoms with E-state index in [-0.39, 0.29) is 0 Å². The number of halogens is 3. The third-order valence-electron chi connectivity index (χ3n) is 1.04. The molecule has 2 N–H and O–H groups in total. The Hall–Kier alpha value is -1.75. The molecule has 0 saturated heterocycles. The molecule has 0 bridgehead atoms. The molecule has 0 aliphatic rings. The van der Waals surface area contributed by atoms with Crippen molar-refractivity contribution in [3.8, 4) is 12.3 Å². The molecule has 5 nitrogen and oxygen atoms in total. The van der Waals surface area contributed by atoms with E-state index in [1.165, 1.54) is 0 Å². The van der Waals surface area contributed by atoms with Crippen molar-refractivity contribution in [2.75, 3.05) is 0 Å². The number of carbonyl (C=O) groups is 2. The van der Waals surface area contributed by atoms with Gasteiger partial charge in [-0.15, -0.1) is 6.42 Å². The van der Waals surface area contributed by atoms with Gasteiger partial charge >= 0.3 is 18.1 Å². The first-order valence-corrected chi connectivity index (χ1v) is 3.47. The molecule has 0 aromatic heterocycles. The van der Waals surface area contributed by atoms with Gasteiger partial charge in [0, 0.05) is 0 Å². The third kappa shape index (κ3) is 5.53. The number of nitrogens with two attached hydrogens (primary N) is 1. The summed E-state index contributed by atoms with van der Waals surface area (Å²) in [5, 5.41) is 0. The van der Waals surface area contributed by atoms with Crippen LogP contribution in [0.15, 0.2) is 0 Å². The highest BCUT2D eigenvalue weighted by Gasteiger charge is 2.43. The topological polar surface area (TPSA) is 78.6 Å². The van der Waals surface area contributed by atoms with Gasteiger partial charge in [-0.1, -0.05) is 5.92 Å². The van der Waals surface area contributed by atoms with Crippen LogP contribution in [0.2, 0.25) is 0 Å². The van der Waals surface area contributed by atoms with Crippen molar-refractivity contribution in [3.05, 3.63) is 0 Å². The fourth-order valence-electron chi connectivity index (χ4n) is 0.404. The second-order valence-electron chi connectivity index (χ2n) is 2.30. The van der Waals surface area contributed by atoms with Gasteiger partial charge in [0.1, 0.15) is 0 Å². The monoisotopic (exact) mass is 225 g/mol. The van der Waals surface area contributed by atoms with Crippen LogP contribution in [-0.2, 0) is 19.4 Å². The van der Waals surface area contributed by atoms with Crippen molar-refractivity contribution in [2.45, 2.75) is 18.6 Å². The predicted octanol–water partition coefficient (Wildman–Crippen LogP) is -0.0993. The number of carbonyl (C=O) groups excluding carboxylic acids is 2. The standard InChI is InChI=1S/C7H6F3NO4/c1-2-4(11)3-5(12)14-15-6(13)7(8,9)10/h1,4H,3,11H2. The molecule has 0 radical (unpaired) electrons. The number of terminal acetylenes is 1. The molecule has 0 aliphatic carbocycles. The molecule has 0 heterocycles. The van der Waals surface area contributed by atoms with Crippen LogP contribution < -0.4 is 5.73 Å². The summed E-state index contributed by atoms with van der Waals surface area (Å²) in [6.45, 7) is 0. The van der Waals surface area contributed by atoms with Crippen LogP contribution in [0.1, 0.15) is 6.42 Å². The van der Waals surface area contributed by atoms with Gasteiger partial charge in [0.25, 0.3) is 0 Å². The predicted molar refractivity (Wildman–Crippen MR) is 39.7 cm³/mol. The third-order valence-corrected chi connectivity index (χ3v) is 1.04. The Balaban J connectivity index is 3.93. The minimum Gasteiger partial charge on any atom is -0.317 e. The summed E-state index contributed by atoms with van der Waals surface area (Å²) in [5.41, 5.74) is 5.07. The molecule has 8 heteroatoms. The second-order valence-corrected chi connectivity index (χ2v) is 2.30. The van der Waals surface area contributed by atoms with Crippen LogP contribution >= 0.6 is 0 Å². The van der Waals surface area contributed by atoms with Gasteiger partial charge in [-0.3, -0.25) is 0 Å². The maximum absolute atomic E-state index is 11.5. The molecule has 0 aromatic rings. The van der Waals surface area contributed by atoms with E-state index in [1.807, 2.05) is 5.92 Å². The molecule has 0 amide bonds. The minimum absolute atomic E-state index is 0.554. The van der Waals surface area contributed by atoms with Crippen LogP contribution in [0.5, 0.6) is 0 Å². The van der Waals surface area contributed by atoms with Crippen molar-refractivity contribution in [3.63, 3.8) is 0 Å². The van der Waals surface area contributed by atoms with Crippen LogP contribution in [0.3, 0.4) is 0 Å². The molecule has 0 saturated carbocycles. The largest absolute Gasteiger partial charge is 0.495 e. The van der Waals surface area contributed by atoms with Crippen molar-refractivity contribution in [1.82, 2.24) is 0 Å². The minimum atomic E-state index is -5.23. The zero-order chi connectivity index (χ0) is 12.1. The maximum Gasteiger partial charge on any atom is 0.495 e. The lowest BCUT2D eigenvalue weighted by Gasteiger charge is -2.05. The summed E-state index contributed by atoms with van der Waals surface area (Å²) < 4.78 is 34.5. The van der Waals surface area contributed by atoms with E-state index in [4.69, 9.17) is 12.2 Å². The van der Waals surface area contributed by atoms with E-state index in [0.717, 1.165) is 0 Å². The van der Waals surface area contributed by atoms with Gasteiger partial charge in [0.15, 0.2) is 0 Å². The Morgan fingerprint density at radius 1 is 1.40 bits per heavy atom. The first kappa shape index (κ1) is 13.2. The van der Waals surface area contributed by atoms with Crippen molar-refractivity contribution in [1.29, 1.82) is 0 Å². The first-order chi connectivity index (χ1) is 6.77. The lowest BCUT2D eigenvalue weighted by molar-refractivity contribution is -0.285. The van der Waals surface area contributed by atoms with E-state index in [2.05, 4.69) is 9.78 Å². The fraction of sp³-hybridized carbons (Fsp3) is 0.429. The molecular weight excluding hydrogens is 219 g/mol. The highest BCUT2D eigenvalue weighted by Crippen LogP contribution is 2.16. The van der Waals surface area contributed by atoms with Gasteiger partial charge in [-0.05, 0) is 0 Å². The average Bonchev–Trinajstić information content (AvgIpc) is 2.12. The second kappa shape index (κ2) is 5.21. The summed E-state index contributed by atoms with van der Waals surface area (Å²) in [4.78, 5) is 27.3. The van der Waals surface area contributed by atoms with Gasteiger partial charge in [-0.25, -0.2) is 19.4 Å². The summed E-state index contributed by atoms with van der Waals surface area (Å²) in [6.07, 6.45) is -1.01. The highest BCUT2D eigenvalue weighted by molar-refractivity contribution is 5.77. The SMILES string of the molecule is C#CC(N)CC(=O)OOC(=O)C(F)(F)F. The van der Waals surface area contributed by atoms with Gasteiger partial charge < -0.3 is 5.73 Å². The summed E-state index contributed by atoms with van der Waals surface area (Å²) in [6, 6.07) is -1.01. The molecule has 15 heavy (non-hydrogen) atoms. The summed E-state index contributed by atoms with van der Waals surface area (Å²) >= 11 is 0. The van der Waals surface area contributed by atoms with E-state index in [9.17, 15) is 22.8 Å². The molecule has 0 aromatic carbocycles. The lowest BCUT2D eigenvalue weighted by Crippen LogP contribution is -2.28. The molecular formula is C7H6F3NO4. The Labute approximate surface area is 82.2 Å². The van der Waals surface area contributed by atoms with Crippen LogP contribution in [-0.4, -0.2) is 24.2 Å². The molecule has 84 valence electrons. The van der Waals surface area contributed by atoms with E-state index in [0.29, 0.717) is 0 Å². The van der Waals surface area contributed by atoms with Gasteiger partial charge in [0.05, 0.1) is 12.5 Å². The van der Waals surface area contributed by atoms with Crippen molar-refractivity contribution in [2.24, 2.45) is 5.73 Å². The normalized spacial score (nSPS) is 12.5. The number of hydrogen-bond acceptors (Lipinski definition) is 5. The average molecular weight is 225 g/mol. The van der Waals surface area contributed by atoms with Gasteiger partial charge in [0.2, 0.25) is 0 Å². The molecule has 0 fully saturated rings. The molecule has 0 spiro atoms.